The lowest BCUT2D eigenvalue weighted by Gasteiger charge is -2.07. The van der Waals surface area contributed by atoms with Crippen molar-refractivity contribution in [3.63, 3.8) is 0 Å². The molecule has 0 amide bonds. The summed E-state index contributed by atoms with van der Waals surface area (Å²) in [7, 11) is 3.07. The van der Waals surface area contributed by atoms with Gasteiger partial charge in [-0.2, -0.15) is 5.26 Å². The van der Waals surface area contributed by atoms with Crippen molar-refractivity contribution in [2.45, 2.75) is 6.92 Å². The highest BCUT2D eigenvalue weighted by molar-refractivity contribution is 6.14. The first-order valence-corrected chi connectivity index (χ1v) is 6.53. The highest BCUT2D eigenvalue weighted by Crippen LogP contribution is 2.27. The van der Waals surface area contributed by atoms with E-state index in [-0.39, 0.29) is 11.4 Å². The molecule has 0 fully saturated rings. The van der Waals surface area contributed by atoms with Crippen LogP contribution < -0.4 is 9.47 Å². The molecule has 1 aromatic heterocycles. The maximum atomic E-state index is 12.4. The molecule has 0 unspecified atom stereocenters. The Morgan fingerprint density at radius 2 is 2.05 bits per heavy atom. The number of allylic oxidation sites excluding steroid dienone is 1. The van der Waals surface area contributed by atoms with Crippen LogP contribution in [0.2, 0.25) is 0 Å². The largest absolute Gasteiger partial charge is 0.497 e. The molecule has 2 rings (SSSR count). The number of nitriles is 1. The SMILES string of the molecule is COc1ccc(/C=C(\C#N)C(=O)c2ccoc2C)c(OC)c1. The van der Waals surface area contributed by atoms with Crippen LogP contribution in [0.1, 0.15) is 21.7 Å². The molecule has 0 radical (unpaired) electrons. The number of benzene rings is 1. The number of ether oxygens (including phenoxy) is 2. The van der Waals surface area contributed by atoms with E-state index in [1.165, 1.54) is 19.4 Å². The lowest BCUT2D eigenvalue weighted by Crippen LogP contribution is -2.02. The number of rotatable bonds is 5. The van der Waals surface area contributed by atoms with E-state index in [9.17, 15) is 10.1 Å². The molecular formula is C17H15NO4. The second kappa shape index (κ2) is 6.64. The zero-order valence-corrected chi connectivity index (χ0v) is 12.5. The van der Waals surface area contributed by atoms with E-state index in [0.29, 0.717) is 28.4 Å². The Balaban J connectivity index is 2.44. The van der Waals surface area contributed by atoms with Gasteiger partial charge in [0.25, 0.3) is 0 Å². The van der Waals surface area contributed by atoms with Gasteiger partial charge < -0.3 is 13.9 Å². The second-order valence-electron chi connectivity index (χ2n) is 4.50. The van der Waals surface area contributed by atoms with E-state index in [2.05, 4.69) is 0 Å². The molecule has 0 spiro atoms. The fraction of sp³-hybridized carbons (Fsp3) is 0.176. The first-order chi connectivity index (χ1) is 10.6. The number of hydrogen-bond donors (Lipinski definition) is 0. The predicted octanol–water partition coefficient (Wildman–Crippen LogP) is 3.40. The molecule has 22 heavy (non-hydrogen) atoms. The Kier molecular flexibility index (Phi) is 4.64. The molecule has 0 bridgehead atoms. The van der Waals surface area contributed by atoms with Gasteiger partial charge in [0.05, 0.1) is 26.0 Å². The lowest BCUT2D eigenvalue weighted by molar-refractivity contribution is 0.103. The van der Waals surface area contributed by atoms with Crippen molar-refractivity contribution in [3.05, 3.63) is 53.0 Å². The summed E-state index contributed by atoms with van der Waals surface area (Å²) >= 11 is 0. The summed E-state index contributed by atoms with van der Waals surface area (Å²) in [5.41, 5.74) is 1.00. The molecule has 1 aromatic carbocycles. The average Bonchev–Trinajstić information content (AvgIpc) is 2.97. The van der Waals surface area contributed by atoms with Gasteiger partial charge in [0, 0.05) is 11.6 Å². The Bertz CT molecular complexity index is 765. The first-order valence-electron chi connectivity index (χ1n) is 6.53. The van der Waals surface area contributed by atoms with Crippen molar-refractivity contribution >= 4 is 11.9 Å². The molecule has 0 aliphatic carbocycles. The summed E-state index contributed by atoms with van der Waals surface area (Å²) in [6, 6.07) is 8.63. The third kappa shape index (κ3) is 3.01. The molecule has 1 heterocycles. The molecule has 0 saturated carbocycles. The molecular weight excluding hydrogens is 282 g/mol. The van der Waals surface area contributed by atoms with E-state index in [1.54, 1.807) is 38.3 Å². The number of hydrogen-bond acceptors (Lipinski definition) is 5. The summed E-state index contributed by atoms with van der Waals surface area (Å²) in [5, 5.41) is 9.28. The van der Waals surface area contributed by atoms with Crippen LogP contribution in [-0.2, 0) is 0 Å². The molecule has 0 saturated heterocycles. The summed E-state index contributed by atoms with van der Waals surface area (Å²) in [6.07, 6.45) is 2.92. The fourth-order valence-corrected chi connectivity index (χ4v) is 2.01. The second-order valence-corrected chi connectivity index (χ2v) is 4.50. The topological polar surface area (TPSA) is 72.5 Å². The van der Waals surface area contributed by atoms with E-state index in [4.69, 9.17) is 13.9 Å². The van der Waals surface area contributed by atoms with Gasteiger partial charge in [0.1, 0.15) is 28.9 Å². The Labute approximate surface area is 128 Å². The molecule has 5 heteroatoms. The monoisotopic (exact) mass is 297 g/mol. The Morgan fingerprint density at radius 3 is 2.59 bits per heavy atom. The van der Waals surface area contributed by atoms with Gasteiger partial charge in [-0.1, -0.05) is 0 Å². The average molecular weight is 297 g/mol. The van der Waals surface area contributed by atoms with E-state index in [0.717, 1.165) is 0 Å². The van der Waals surface area contributed by atoms with Crippen molar-refractivity contribution < 1.29 is 18.7 Å². The van der Waals surface area contributed by atoms with Crippen LogP contribution in [0, 0.1) is 18.3 Å². The van der Waals surface area contributed by atoms with Crippen LogP contribution in [0.5, 0.6) is 11.5 Å². The fourth-order valence-electron chi connectivity index (χ4n) is 2.01. The quantitative estimate of drug-likeness (QED) is 0.480. The van der Waals surface area contributed by atoms with Gasteiger partial charge in [-0.3, -0.25) is 4.79 Å². The molecule has 5 nitrogen and oxygen atoms in total. The smallest absolute Gasteiger partial charge is 0.207 e. The number of methoxy groups -OCH3 is 2. The lowest BCUT2D eigenvalue weighted by atomic mass is 10.0. The summed E-state index contributed by atoms with van der Waals surface area (Å²) < 4.78 is 15.5. The number of nitrogens with zero attached hydrogens (tertiary/aromatic N) is 1. The van der Waals surface area contributed by atoms with Crippen LogP contribution in [-0.4, -0.2) is 20.0 Å². The van der Waals surface area contributed by atoms with Gasteiger partial charge >= 0.3 is 0 Å². The predicted molar refractivity (Wildman–Crippen MR) is 80.9 cm³/mol. The van der Waals surface area contributed by atoms with Crippen molar-refractivity contribution in [2.75, 3.05) is 14.2 Å². The van der Waals surface area contributed by atoms with Gasteiger partial charge in [0.2, 0.25) is 5.78 Å². The zero-order chi connectivity index (χ0) is 16.1. The Morgan fingerprint density at radius 1 is 1.27 bits per heavy atom. The van der Waals surface area contributed by atoms with Crippen LogP contribution in [0.15, 0.2) is 40.5 Å². The number of furan rings is 1. The number of carbonyl (C=O) groups is 1. The van der Waals surface area contributed by atoms with E-state index >= 15 is 0 Å². The normalized spacial score (nSPS) is 10.9. The third-order valence-corrected chi connectivity index (χ3v) is 3.21. The summed E-state index contributed by atoms with van der Waals surface area (Å²) in [5.74, 6) is 1.24. The Hall–Kier alpha value is -3.00. The molecule has 0 aliphatic rings. The first kappa shape index (κ1) is 15.4. The van der Waals surface area contributed by atoms with Crippen molar-refractivity contribution in [2.24, 2.45) is 0 Å². The van der Waals surface area contributed by atoms with E-state index in [1.807, 2.05) is 6.07 Å². The van der Waals surface area contributed by atoms with Gasteiger partial charge in [-0.05, 0) is 31.2 Å². The van der Waals surface area contributed by atoms with Crippen molar-refractivity contribution in [1.82, 2.24) is 0 Å². The standard InChI is InChI=1S/C17H15NO4/c1-11-15(6-7-22-11)17(19)13(10-18)8-12-4-5-14(20-2)9-16(12)21-3/h4-9H,1-3H3/b13-8+. The van der Waals surface area contributed by atoms with Crippen LogP contribution in [0.3, 0.4) is 0 Å². The van der Waals surface area contributed by atoms with Gasteiger partial charge in [0.15, 0.2) is 0 Å². The van der Waals surface area contributed by atoms with Crippen LogP contribution in [0.4, 0.5) is 0 Å². The van der Waals surface area contributed by atoms with Gasteiger partial charge in [-0.15, -0.1) is 0 Å². The highest BCUT2D eigenvalue weighted by atomic mass is 16.5. The maximum absolute atomic E-state index is 12.4. The molecule has 0 N–H and O–H groups in total. The summed E-state index contributed by atoms with van der Waals surface area (Å²) in [4.78, 5) is 12.4. The van der Waals surface area contributed by atoms with Crippen LogP contribution in [0.25, 0.3) is 6.08 Å². The minimum absolute atomic E-state index is 0.00738. The third-order valence-electron chi connectivity index (χ3n) is 3.21. The van der Waals surface area contributed by atoms with Crippen LogP contribution >= 0.6 is 0 Å². The minimum Gasteiger partial charge on any atom is -0.497 e. The van der Waals surface area contributed by atoms with E-state index < -0.39 is 0 Å². The zero-order valence-electron chi connectivity index (χ0n) is 12.5. The minimum atomic E-state index is -0.383. The number of Topliss-reactive ketones (excluding diaryl/α,β-unsaturated/α-hetero) is 1. The van der Waals surface area contributed by atoms with Crippen molar-refractivity contribution in [3.8, 4) is 17.6 Å². The maximum Gasteiger partial charge on any atom is 0.207 e. The molecule has 0 atom stereocenters. The number of ketones is 1. The highest BCUT2D eigenvalue weighted by Gasteiger charge is 2.17. The molecule has 2 aromatic rings. The van der Waals surface area contributed by atoms with Crippen molar-refractivity contribution in [1.29, 1.82) is 5.26 Å². The molecule has 0 aliphatic heterocycles. The van der Waals surface area contributed by atoms with Gasteiger partial charge in [-0.25, -0.2) is 0 Å². The number of aryl methyl sites for hydroxylation is 1. The molecule has 112 valence electrons. The summed E-state index contributed by atoms with van der Waals surface area (Å²) in [6.45, 7) is 1.68. The number of carbonyl (C=O) groups excluding carboxylic acids is 1.